The minimum absolute atomic E-state index is 0. The number of quaternary nitrogens is 1. The second-order valence-electron chi connectivity index (χ2n) is 3.95. The van der Waals surface area contributed by atoms with E-state index in [-0.39, 0.29) is 12.6 Å². The molecule has 1 aromatic carbocycles. The highest BCUT2D eigenvalue weighted by Crippen LogP contribution is 2.22. The van der Waals surface area contributed by atoms with Crippen LogP contribution in [0.25, 0.3) is 0 Å². The lowest BCUT2D eigenvalue weighted by molar-refractivity contribution is -0.304. The molecule has 0 aliphatic rings. The molecule has 1 rings (SSSR count). The summed E-state index contributed by atoms with van der Waals surface area (Å²) in [6, 6.07) is 3.99. The minimum atomic E-state index is -0.999. The van der Waals surface area contributed by atoms with Gasteiger partial charge in [0, 0.05) is 12.4 Å². The number of rotatable bonds is 5. The van der Waals surface area contributed by atoms with Crippen LogP contribution in [-0.2, 0) is 30.5 Å². The van der Waals surface area contributed by atoms with E-state index >= 15 is 0 Å². The van der Waals surface area contributed by atoms with Gasteiger partial charge < -0.3 is 16.1 Å². The highest BCUT2D eigenvalue weighted by Gasteiger charge is 2.09. The van der Waals surface area contributed by atoms with E-state index in [2.05, 4.69) is 26.8 Å². The van der Waals surface area contributed by atoms with Gasteiger partial charge in [0.15, 0.2) is 0 Å². The number of aryl methyl sites for hydroxylation is 1. The molecule has 0 saturated heterocycles. The zero-order chi connectivity index (χ0) is 12.1. The molecule has 0 amide bonds. The van der Waals surface area contributed by atoms with Crippen LogP contribution < -0.4 is 11.3 Å². The second kappa shape index (κ2) is 7.07. The van der Waals surface area contributed by atoms with Gasteiger partial charge in [-0.3, -0.25) is 0 Å². The Balaban J connectivity index is 0.00000256. The van der Waals surface area contributed by atoms with Crippen LogP contribution >= 0.6 is 0 Å². The van der Waals surface area contributed by atoms with Crippen molar-refractivity contribution in [2.75, 3.05) is 0 Å². The first-order chi connectivity index (χ1) is 7.63. The molecule has 3 heteroatoms. The Morgan fingerprint density at radius 1 is 1.00 bits per heavy atom. The monoisotopic (exact) mass is 237 g/mol. The second-order valence-corrected chi connectivity index (χ2v) is 3.95. The van der Waals surface area contributed by atoms with E-state index in [4.69, 9.17) is 0 Å². The maximum absolute atomic E-state index is 10.7. The molecular weight excluding hydrogens is 214 g/mol. The highest BCUT2D eigenvalue weighted by atomic mass is 16.4. The van der Waals surface area contributed by atoms with Crippen LogP contribution in [0.1, 0.15) is 43.0 Å². The molecule has 0 unspecified atom stereocenters. The van der Waals surface area contributed by atoms with Crippen molar-refractivity contribution < 1.29 is 9.90 Å². The molecule has 3 nitrogen and oxygen atoms in total. The predicted molar refractivity (Wildman–Crippen MR) is 69.3 cm³/mol. The van der Waals surface area contributed by atoms with Crippen LogP contribution in [0.2, 0.25) is 0 Å². The lowest BCUT2D eigenvalue weighted by atomic mass is 9.90. The van der Waals surface area contributed by atoms with Crippen LogP contribution in [0.3, 0.4) is 0 Å². The topological polar surface area (TPSA) is 76.6 Å². The number of carboxylic acids is 1. The third-order valence-electron chi connectivity index (χ3n) is 3.05. The smallest absolute Gasteiger partial charge is 0.0458 e. The van der Waals surface area contributed by atoms with Gasteiger partial charge in [0.1, 0.15) is 0 Å². The Kier molecular flexibility index (Phi) is 6.51. The SMILES string of the molecule is CCc1ccc(CC(=O)[O-])c(CC)c1CC.[NH4+]. The average molecular weight is 237 g/mol. The predicted octanol–water partition coefficient (Wildman–Crippen LogP) is 2.04. The number of carboxylic acid groups (broad SMARTS) is 1. The van der Waals surface area contributed by atoms with E-state index in [9.17, 15) is 9.90 Å². The Hall–Kier alpha value is -1.35. The van der Waals surface area contributed by atoms with Crippen LogP contribution in [-0.4, -0.2) is 5.97 Å². The molecule has 0 bridgehead atoms. The average Bonchev–Trinajstić information content (AvgIpc) is 2.27. The molecule has 0 aliphatic heterocycles. The molecule has 0 fully saturated rings. The molecule has 0 heterocycles. The van der Waals surface area contributed by atoms with Crippen LogP contribution in [0, 0.1) is 0 Å². The maximum atomic E-state index is 10.7. The lowest BCUT2D eigenvalue weighted by Gasteiger charge is -2.16. The Morgan fingerprint density at radius 3 is 1.88 bits per heavy atom. The normalized spacial score (nSPS) is 9.82. The van der Waals surface area contributed by atoms with Crippen molar-refractivity contribution in [3.8, 4) is 0 Å². The molecule has 4 N–H and O–H groups in total. The van der Waals surface area contributed by atoms with E-state index < -0.39 is 5.97 Å². The largest absolute Gasteiger partial charge is 0.550 e. The minimum Gasteiger partial charge on any atom is -0.550 e. The van der Waals surface area contributed by atoms with E-state index in [0.29, 0.717) is 0 Å². The first-order valence-corrected chi connectivity index (χ1v) is 5.96. The van der Waals surface area contributed by atoms with Crippen LogP contribution in [0.15, 0.2) is 12.1 Å². The van der Waals surface area contributed by atoms with Gasteiger partial charge in [-0.05, 0) is 41.5 Å². The van der Waals surface area contributed by atoms with Crippen molar-refractivity contribution in [3.63, 3.8) is 0 Å². The van der Waals surface area contributed by atoms with Crippen molar-refractivity contribution in [3.05, 3.63) is 34.4 Å². The number of hydrogen-bond acceptors (Lipinski definition) is 2. The first-order valence-electron chi connectivity index (χ1n) is 5.96. The van der Waals surface area contributed by atoms with Gasteiger partial charge in [0.25, 0.3) is 0 Å². The van der Waals surface area contributed by atoms with Gasteiger partial charge in [-0.15, -0.1) is 0 Å². The third-order valence-corrected chi connectivity index (χ3v) is 3.05. The summed E-state index contributed by atoms with van der Waals surface area (Å²) in [4.78, 5) is 10.7. The van der Waals surface area contributed by atoms with Crippen molar-refractivity contribution in [1.82, 2.24) is 6.15 Å². The molecule has 0 saturated carbocycles. The van der Waals surface area contributed by atoms with Gasteiger partial charge in [-0.2, -0.15) is 0 Å². The quantitative estimate of drug-likeness (QED) is 0.850. The molecule has 0 aromatic heterocycles. The number of carbonyl (C=O) groups excluding carboxylic acids is 1. The molecule has 1 aromatic rings. The lowest BCUT2D eigenvalue weighted by Crippen LogP contribution is -2.25. The summed E-state index contributed by atoms with van der Waals surface area (Å²) >= 11 is 0. The third kappa shape index (κ3) is 3.56. The summed E-state index contributed by atoms with van der Waals surface area (Å²) in [5.74, 6) is -0.999. The summed E-state index contributed by atoms with van der Waals surface area (Å²) < 4.78 is 0. The number of aliphatic carboxylic acids is 1. The number of carbonyl (C=O) groups is 1. The molecular formula is C14H23NO2. The molecule has 96 valence electrons. The summed E-state index contributed by atoms with van der Waals surface area (Å²) in [5, 5.41) is 10.7. The fourth-order valence-electron chi connectivity index (χ4n) is 2.32. The number of benzene rings is 1. The van der Waals surface area contributed by atoms with E-state index in [1.807, 2.05) is 6.07 Å². The van der Waals surface area contributed by atoms with Crippen LogP contribution in [0.4, 0.5) is 0 Å². The van der Waals surface area contributed by atoms with E-state index in [1.165, 1.54) is 16.7 Å². The van der Waals surface area contributed by atoms with Gasteiger partial charge in [-0.1, -0.05) is 32.9 Å². The molecule has 0 aliphatic carbocycles. The molecule has 17 heavy (non-hydrogen) atoms. The molecule has 0 spiro atoms. The highest BCUT2D eigenvalue weighted by molar-refractivity contribution is 5.69. The van der Waals surface area contributed by atoms with Crippen molar-refractivity contribution in [2.24, 2.45) is 0 Å². The van der Waals surface area contributed by atoms with Gasteiger partial charge >= 0.3 is 0 Å². The van der Waals surface area contributed by atoms with Gasteiger partial charge in [-0.25, -0.2) is 0 Å². The summed E-state index contributed by atoms with van der Waals surface area (Å²) in [6.45, 7) is 6.33. The zero-order valence-electron chi connectivity index (χ0n) is 11.3. The summed E-state index contributed by atoms with van der Waals surface area (Å²) in [6.07, 6.45) is 2.88. The summed E-state index contributed by atoms with van der Waals surface area (Å²) in [5.41, 5.74) is 4.77. The van der Waals surface area contributed by atoms with Crippen molar-refractivity contribution in [2.45, 2.75) is 46.5 Å². The van der Waals surface area contributed by atoms with Gasteiger partial charge in [0.2, 0.25) is 0 Å². The summed E-state index contributed by atoms with van der Waals surface area (Å²) in [7, 11) is 0. The Labute approximate surface area is 103 Å². The maximum Gasteiger partial charge on any atom is 0.0458 e. The fraction of sp³-hybridized carbons (Fsp3) is 0.500. The number of hydrogen-bond donors (Lipinski definition) is 1. The van der Waals surface area contributed by atoms with Crippen LogP contribution in [0.5, 0.6) is 0 Å². The van der Waals surface area contributed by atoms with E-state index in [1.54, 1.807) is 0 Å². The molecule has 0 radical (unpaired) electrons. The Bertz CT molecular complexity index is 386. The standard InChI is InChI=1S/C14H20O2.H3N/c1-4-10-7-8-11(9-14(15)16)13(6-3)12(10)5-2;/h7-8H,4-6,9H2,1-3H3,(H,15,16);1H3. The van der Waals surface area contributed by atoms with Crippen molar-refractivity contribution >= 4 is 5.97 Å². The van der Waals surface area contributed by atoms with Crippen molar-refractivity contribution in [1.29, 1.82) is 0 Å². The first kappa shape index (κ1) is 15.7. The fourth-order valence-corrected chi connectivity index (χ4v) is 2.32. The van der Waals surface area contributed by atoms with E-state index in [0.717, 1.165) is 24.8 Å². The molecule has 0 atom stereocenters. The zero-order valence-corrected chi connectivity index (χ0v) is 11.3. The van der Waals surface area contributed by atoms with Gasteiger partial charge in [0.05, 0.1) is 0 Å². The Morgan fingerprint density at radius 2 is 1.47 bits per heavy atom.